The van der Waals surface area contributed by atoms with Crippen LogP contribution in [0, 0.1) is 0 Å². The van der Waals surface area contributed by atoms with Crippen molar-refractivity contribution in [1.82, 2.24) is 10.3 Å². The number of nitrogens with one attached hydrogen (secondary N) is 2. The summed E-state index contributed by atoms with van der Waals surface area (Å²) in [4.78, 5) is 14.3. The number of aromatic nitrogens is 1. The molecule has 0 unspecified atom stereocenters. The van der Waals surface area contributed by atoms with Crippen LogP contribution in [-0.4, -0.2) is 18.1 Å². The molecule has 2 N–H and O–H groups in total. The summed E-state index contributed by atoms with van der Waals surface area (Å²) in [6.07, 6.45) is 0. The monoisotopic (exact) mass is 244 g/mol. The van der Waals surface area contributed by atoms with Crippen LogP contribution in [0.15, 0.2) is 42.5 Å². The maximum Gasteiger partial charge on any atom is 0.354 e. The fourth-order valence-corrected chi connectivity index (χ4v) is 1.71. The maximum absolute atomic E-state index is 11.2. The summed E-state index contributed by atoms with van der Waals surface area (Å²) in [5.74, 6) is -0.343. The minimum absolute atomic E-state index is 0.343. The van der Waals surface area contributed by atoms with E-state index < -0.39 is 0 Å². The number of H-pyrrole nitrogens is 1. The summed E-state index contributed by atoms with van der Waals surface area (Å²) >= 11 is 0. The highest BCUT2D eigenvalue weighted by atomic mass is 16.5. The van der Waals surface area contributed by atoms with Crippen LogP contribution in [0.4, 0.5) is 0 Å². The summed E-state index contributed by atoms with van der Waals surface area (Å²) in [7, 11) is 1.37. The highest BCUT2D eigenvalue weighted by Gasteiger charge is 2.07. The Kier molecular flexibility index (Phi) is 4.15. The lowest BCUT2D eigenvalue weighted by molar-refractivity contribution is 0.0594. The van der Waals surface area contributed by atoms with Crippen molar-refractivity contribution < 1.29 is 9.53 Å². The lowest BCUT2D eigenvalue weighted by Crippen LogP contribution is -2.13. The number of esters is 1. The summed E-state index contributed by atoms with van der Waals surface area (Å²) < 4.78 is 4.63. The molecule has 0 atom stereocenters. The highest BCUT2D eigenvalue weighted by molar-refractivity contribution is 5.87. The Labute approximate surface area is 106 Å². The van der Waals surface area contributed by atoms with Crippen LogP contribution >= 0.6 is 0 Å². The fourth-order valence-electron chi connectivity index (χ4n) is 1.71. The lowest BCUT2D eigenvalue weighted by Gasteiger charge is -2.03. The minimum Gasteiger partial charge on any atom is -0.464 e. The molecule has 0 bridgehead atoms. The normalized spacial score (nSPS) is 10.3. The van der Waals surface area contributed by atoms with Gasteiger partial charge in [0.25, 0.3) is 0 Å². The van der Waals surface area contributed by atoms with Crippen LogP contribution in [0.2, 0.25) is 0 Å². The second kappa shape index (κ2) is 6.02. The minimum atomic E-state index is -0.343. The number of carbonyl (C=O) groups excluding carboxylic acids is 1. The smallest absolute Gasteiger partial charge is 0.354 e. The Bertz CT molecular complexity index is 506. The Hall–Kier alpha value is -2.07. The van der Waals surface area contributed by atoms with E-state index in [1.807, 2.05) is 24.3 Å². The third kappa shape index (κ3) is 3.21. The third-order valence-corrected chi connectivity index (χ3v) is 2.64. The van der Waals surface area contributed by atoms with Gasteiger partial charge in [-0.3, -0.25) is 0 Å². The van der Waals surface area contributed by atoms with Gasteiger partial charge in [0, 0.05) is 18.8 Å². The van der Waals surface area contributed by atoms with E-state index in [1.165, 1.54) is 12.7 Å². The van der Waals surface area contributed by atoms with Crippen molar-refractivity contribution in [2.24, 2.45) is 0 Å². The molecule has 0 spiro atoms. The molecule has 2 aromatic rings. The van der Waals surface area contributed by atoms with Gasteiger partial charge in [-0.2, -0.15) is 0 Å². The standard InChI is InChI=1S/C14H16N2O2/c1-18-14(17)13-8-7-12(16-13)10-15-9-11-5-3-2-4-6-11/h2-8,15-16H,9-10H2,1H3. The van der Waals surface area contributed by atoms with E-state index in [4.69, 9.17) is 0 Å². The Morgan fingerprint density at radius 3 is 2.67 bits per heavy atom. The number of ether oxygens (including phenoxy) is 1. The number of hydrogen-bond donors (Lipinski definition) is 2. The molecular weight excluding hydrogens is 228 g/mol. The quantitative estimate of drug-likeness (QED) is 0.792. The molecule has 18 heavy (non-hydrogen) atoms. The predicted octanol–water partition coefficient (Wildman–Crippen LogP) is 2.09. The molecule has 0 saturated heterocycles. The van der Waals surface area contributed by atoms with Crippen LogP contribution in [0.3, 0.4) is 0 Å². The number of rotatable bonds is 5. The van der Waals surface area contributed by atoms with Gasteiger partial charge in [-0.05, 0) is 17.7 Å². The number of hydrogen-bond acceptors (Lipinski definition) is 3. The first-order valence-corrected chi connectivity index (χ1v) is 5.80. The molecule has 1 heterocycles. The zero-order valence-corrected chi connectivity index (χ0v) is 10.3. The summed E-state index contributed by atoms with van der Waals surface area (Å²) in [5.41, 5.74) is 2.68. The first-order valence-electron chi connectivity index (χ1n) is 5.80. The second-order valence-corrected chi connectivity index (χ2v) is 3.98. The van der Waals surface area contributed by atoms with E-state index >= 15 is 0 Å². The summed E-state index contributed by atoms with van der Waals surface area (Å²) in [6.45, 7) is 1.49. The molecule has 0 aliphatic heterocycles. The molecule has 0 aliphatic rings. The topological polar surface area (TPSA) is 54.1 Å². The van der Waals surface area contributed by atoms with Crippen molar-refractivity contribution in [2.45, 2.75) is 13.1 Å². The third-order valence-electron chi connectivity index (χ3n) is 2.64. The van der Waals surface area contributed by atoms with E-state index in [1.54, 1.807) is 6.07 Å². The van der Waals surface area contributed by atoms with Crippen LogP contribution in [-0.2, 0) is 17.8 Å². The Morgan fingerprint density at radius 2 is 1.94 bits per heavy atom. The molecular formula is C14H16N2O2. The van der Waals surface area contributed by atoms with Gasteiger partial charge in [0.15, 0.2) is 0 Å². The lowest BCUT2D eigenvalue weighted by atomic mass is 10.2. The van der Waals surface area contributed by atoms with Gasteiger partial charge in [0.05, 0.1) is 7.11 Å². The van der Waals surface area contributed by atoms with Crippen molar-refractivity contribution in [3.05, 3.63) is 59.4 Å². The predicted molar refractivity (Wildman–Crippen MR) is 69.1 cm³/mol. The van der Waals surface area contributed by atoms with Gasteiger partial charge in [0.2, 0.25) is 0 Å². The van der Waals surface area contributed by atoms with Crippen LogP contribution in [0.1, 0.15) is 21.7 Å². The van der Waals surface area contributed by atoms with Crippen molar-refractivity contribution in [1.29, 1.82) is 0 Å². The molecule has 0 amide bonds. The SMILES string of the molecule is COC(=O)c1ccc(CNCc2ccccc2)[nH]1. The van der Waals surface area contributed by atoms with E-state index in [2.05, 4.69) is 27.2 Å². The van der Waals surface area contributed by atoms with Crippen molar-refractivity contribution in [3.63, 3.8) is 0 Å². The number of carbonyl (C=O) groups is 1. The fraction of sp³-hybridized carbons (Fsp3) is 0.214. The maximum atomic E-state index is 11.2. The van der Waals surface area contributed by atoms with E-state index in [0.717, 1.165) is 12.2 Å². The van der Waals surface area contributed by atoms with E-state index in [-0.39, 0.29) is 5.97 Å². The molecule has 2 rings (SSSR count). The summed E-state index contributed by atoms with van der Waals surface area (Å²) in [6, 6.07) is 13.8. The molecule has 0 radical (unpaired) electrons. The molecule has 94 valence electrons. The van der Waals surface area contributed by atoms with E-state index in [0.29, 0.717) is 12.2 Å². The molecule has 0 saturated carbocycles. The zero-order valence-electron chi connectivity index (χ0n) is 10.3. The Balaban J connectivity index is 1.84. The molecule has 4 nitrogen and oxygen atoms in total. The molecule has 1 aromatic carbocycles. The number of methoxy groups -OCH3 is 1. The van der Waals surface area contributed by atoms with Crippen LogP contribution in [0.5, 0.6) is 0 Å². The van der Waals surface area contributed by atoms with Gasteiger partial charge in [-0.15, -0.1) is 0 Å². The zero-order chi connectivity index (χ0) is 12.8. The molecule has 0 aliphatic carbocycles. The van der Waals surface area contributed by atoms with E-state index in [9.17, 15) is 4.79 Å². The molecule has 4 heteroatoms. The number of benzene rings is 1. The van der Waals surface area contributed by atoms with Gasteiger partial charge < -0.3 is 15.0 Å². The first kappa shape index (κ1) is 12.4. The van der Waals surface area contributed by atoms with Crippen molar-refractivity contribution in [3.8, 4) is 0 Å². The second-order valence-electron chi connectivity index (χ2n) is 3.98. The number of aromatic amines is 1. The van der Waals surface area contributed by atoms with Crippen LogP contribution < -0.4 is 5.32 Å². The Morgan fingerprint density at radius 1 is 1.17 bits per heavy atom. The van der Waals surface area contributed by atoms with Crippen LogP contribution in [0.25, 0.3) is 0 Å². The average Bonchev–Trinajstić information content (AvgIpc) is 2.88. The first-order chi connectivity index (χ1) is 8.79. The largest absolute Gasteiger partial charge is 0.464 e. The molecule has 0 fully saturated rings. The van der Waals surface area contributed by atoms with Gasteiger partial charge in [0.1, 0.15) is 5.69 Å². The molecule has 1 aromatic heterocycles. The average molecular weight is 244 g/mol. The summed E-state index contributed by atoms with van der Waals surface area (Å²) in [5, 5.41) is 3.30. The van der Waals surface area contributed by atoms with Crippen molar-refractivity contribution >= 4 is 5.97 Å². The van der Waals surface area contributed by atoms with Gasteiger partial charge in [-0.1, -0.05) is 30.3 Å². The van der Waals surface area contributed by atoms with Crippen molar-refractivity contribution in [2.75, 3.05) is 7.11 Å². The van der Waals surface area contributed by atoms with Gasteiger partial charge in [-0.25, -0.2) is 4.79 Å². The van der Waals surface area contributed by atoms with Gasteiger partial charge >= 0.3 is 5.97 Å². The highest BCUT2D eigenvalue weighted by Crippen LogP contribution is 2.04.